The molecule has 1 aromatic carbocycles. The monoisotopic (exact) mass is 280 g/mol. The second-order valence-electron chi connectivity index (χ2n) is 3.55. The maximum Gasteiger partial charge on any atom is 0.336 e. The van der Waals surface area contributed by atoms with Crippen LogP contribution in [0.5, 0.6) is 0 Å². The number of rotatable bonds is 4. The molecular weight excluding hydrogens is 272 g/mol. The van der Waals surface area contributed by atoms with Gasteiger partial charge in [0.05, 0.1) is 10.5 Å². The van der Waals surface area contributed by atoms with Crippen molar-refractivity contribution >= 4 is 23.4 Å². The maximum atomic E-state index is 11.1. The van der Waals surface area contributed by atoms with Gasteiger partial charge < -0.3 is 5.11 Å². The number of carboxylic acids is 1. The molecular formula is C10H8N4O4S. The minimum absolute atomic E-state index is 0.0296. The van der Waals surface area contributed by atoms with Crippen LogP contribution in [0.2, 0.25) is 0 Å². The molecule has 0 unspecified atom stereocenters. The summed E-state index contributed by atoms with van der Waals surface area (Å²) in [6.45, 7) is 1.70. The van der Waals surface area contributed by atoms with Gasteiger partial charge in [0.15, 0.2) is 0 Å². The number of carboxylic acid groups (broad SMARTS) is 1. The number of nitro benzene ring substituents is 1. The van der Waals surface area contributed by atoms with Crippen LogP contribution in [-0.2, 0) is 0 Å². The largest absolute Gasteiger partial charge is 0.478 e. The predicted molar refractivity (Wildman–Crippen MR) is 65.3 cm³/mol. The van der Waals surface area contributed by atoms with Crippen molar-refractivity contribution in [1.82, 2.24) is 15.2 Å². The van der Waals surface area contributed by atoms with Gasteiger partial charge in [-0.05, 0) is 24.8 Å². The van der Waals surface area contributed by atoms with E-state index in [9.17, 15) is 14.9 Å². The Kier molecular flexibility index (Phi) is 3.47. The van der Waals surface area contributed by atoms with E-state index in [1.165, 1.54) is 12.1 Å². The van der Waals surface area contributed by atoms with E-state index in [2.05, 4.69) is 15.2 Å². The summed E-state index contributed by atoms with van der Waals surface area (Å²) in [5.74, 6) is -0.588. The van der Waals surface area contributed by atoms with E-state index in [0.29, 0.717) is 11.0 Å². The van der Waals surface area contributed by atoms with Gasteiger partial charge in [0.25, 0.3) is 5.69 Å². The fourth-order valence-electron chi connectivity index (χ4n) is 1.35. The highest BCUT2D eigenvalue weighted by molar-refractivity contribution is 7.99. The van der Waals surface area contributed by atoms with Crippen molar-refractivity contribution in [2.45, 2.75) is 17.0 Å². The van der Waals surface area contributed by atoms with Crippen LogP contribution in [0, 0.1) is 17.0 Å². The molecule has 0 aliphatic carbocycles. The Morgan fingerprint density at radius 1 is 1.53 bits per heavy atom. The molecule has 0 radical (unpaired) electrons. The summed E-state index contributed by atoms with van der Waals surface area (Å²) >= 11 is 0.956. The van der Waals surface area contributed by atoms with Gasteiger partial charge in [-0.1, -0.05) is 0 Å². The smallest absolute Gasteiger partial charge is 0.336 e. The fraction of sp³-hybridized carbons (Fsp3) is 0.100. The fourth-order valence-corrected chi connectivity index (χ4v) is 2.27. The lowest BCUT2D eigenvalue weighted by Crippen LogP contribution is -2.00. The molecule has 0 aliphatic rings. The van der Waals surface area contributed by atoms with E-state index in [4.69, 9.17) is 5.11 Å². The van der Waals surface area contributed by atoms with Gasteiger partial charge in [0.2, 0.25) is 5.16 Å². The van der Waals surface area contributed by atoms with Gasteiger partial charge in [-0.25, -0.2) is 9.78 Å². The third-order valence-electron chi connectivity index (χ3n) is 2.18. The Hall–Kier alpha value is -2.42. The summed E-state index contributed by atoms with van der Waals surface area (Å²) in [5.41, 5.74) is -0.210. The third kappa shape index (κ3) is 2.88. The first-order valence-electron chi connectivity index (χ1n) is 5.06. The maximum absolute atomic E-state index is 11.1. The lowest BCUT2D eigenvalue weighted by Gasteiger charge is -2.02. The van der Waals surface area contributed by atoms with E-state index >= 15 is 0 Å². The molecule has 0 fully saturated rings. The molecule has 2 rings (SSSR count). The second-order valence-corrected chi connectivity index (χ2v) is 4.56. The molecule has 0 spiro atoms. The van der Waals surface area contributed by atoms with E-state index < -0.39 is 10.9 Å². The molecule has 0 aliphatic heterocycles. The Bertz CT molecular complexity index is 655. The number of hydrogen-bond acceptors (Lipinski definition) is 6. The lowest BCUT2D eigenvalue weighted by molar-refractivity contribution is -0.385. The average molecular weight is 280 g/mol. The summed E-state index contributed by atoms with van der Waals surface area (Å²) in [4.78, 5) is 25.4. The lowest BCUT2D eigenvalue weighted by atomic mass is 10.2. The van der Waals surface area contributed by atoms with Crippen molar-refractivity contribution < 1.29 is 14.8 Å². The summed E-state index contributed by atoms with van der Waals surface area (Å²) in [6.07, 6.45) is 0. The molecule has 2 aromatic rings. The molecule has 2 N–H and O–H groups in total. The number of aromatic amines is 1. The minimum atomic E-state index is -1.16. The molecule has 0 amide bonds. The van der Waals surface area contributed by atoms with Crippen molar-refractivity contribution in [2.24, 2.45) is 0 Å². The molecule has 1 aromatic heterocycles. The van der Waals surface area contributed by atoms with Crippen molar-refractivity contribution in [2.75, 3.05) is 0 Å². The van der Waals surface area contributed by atoms with Gasteiger partial charge in [-0.15, -0.1) is 5.10 Å². The van der Waals surface area contributed by atoms with Crippen LogP contribution in [0.4, 0.5) is 5.69 Å². The van der Waals surface area contributed by atoms with Crippen LogP contribution in [-0.4, -0.2) is 31.2 Å². The SMILES string of the molecule is Cc1nc(Sc2cc([N+](=O)[O-])ccc2C(=O)O)n[nH]1. The molecule has 0 saturated heterocycles. The number of nitro groups is 1. The quantitative estimate of drug-likeness (QED) is 0.647. The van der Waals surface area contributed by atoms with Crippen molar-refractivity contribution in [1.29, 1.82) is 0 Å². The van der Waals surface area contributed by atoms with E-state index in [0.717, 1.165) is 17.8 Å². The highest BCUT2D eigenvalue weighted by Gasteiger charge is 2.17. The molecule has 98 valence electrons. The standard InChI is InChI=1S/C10H8N4O4S/c1-5-11-10(13-12-5)19-8-4-6(14(17)18)2-3-7(8)9(15)16/h2-4H,1H3,(H,15,16)(H,11,12,13). The summed E-state index contributed by atoms with van der Waals surface area (Å²) < 4.78 is 0. The number of hydrogen-bond donors (Lipinski definition) is 2. The van der Waals surface area contributed by atoms with Crippen molar-refractivity contribution in [3.8, 4) is 0 Å². The first kappa shape index (κ1) is 13.0. The molecule has 9 heteroatoms. The molecule has 0 atom stereocenters. The number of aromatic carboxylic acids is 1. The summed E-state index contributed by atoms with van der Waals surface area (Å²) in [6, 6.07) is 3.54. The zero-order chi connectivity index (χ0) is 14.0. The van der Waals surface area contributed by atoms with Crippen LogP contribution in [0.1, 0.15) is 16.2 Å². The second kappa shape index (κ2) is 5.06. The normalized spacial score (nSPS) is 10.4. The topological polar surface area (TPSA) is 122 Å². The van der Waals surface area contributed by atoms with Crippen LogP contribution in [0.15, 0.2) is 28.3 Å². The Morgan fingerprint density at radius 3 is 2.79 bits per heavy atom. The first-order valence-corrected chi connectivity index (χ1v) is 5.87. The van der Waals surface area contributed by atoms with Crippen molar-refractivity contribution in [3.63, 3.8) is 0 Å². The number of nitrogens with zero attached hydrogens (tertiary/aromatic N) is 3. The molecule has 0 saturated carbocycles. The zero-order valence-electron chi connectivity index (χ0n) is 9.65. The van der Waals surface area contributed by atoms with E-state index in [1.807, 2.05) is 0 Å². The van der Waals surface area contributed by atoms with Crippen LogP contribution >= 0.6 is 11.8 Å². The summed E-state index contributed by atoms with van der Waals surface area (Å²) in [7, 11) is 0. The van der Waals surface area contributed by atoms with Gasteiger partial charge in [-0.3, -0.25) is 15.2 Å². The number of non-ortho nitro benzene ring substituents is 1. The minimum Gasteiger partial charge on any atom is -0.478 e. The number of aromatic nitrogens is 3. The number of nitrogens with one attached hydrogen (secondary N) is 1. The molecule has 1 heterocycles. The Balaban J connectivity index is 2.42. The van der Waals surface area contributed by atoms with Crippen molar-refractivity contribution in [3.05, 3.63) is 39.7 Å². The van der Waals surface area contributed by atoms with Gasteiger partial charge >= 0.3 is 5.97 Å². The number of aryl methyl sites for hydroxylation is 1. The number of carbonyl (C=O) groups is 1. The summed E-state index contributed by atoms with van der Waals surface area (Å²) in [5, 5.41) is 26.5. The average Bonchev–Trinajstić information content (AvgIpc) is 2.74. The molecule has 0 bridgehead atoms. The van der Waals surface area contributed by atoms with Gasteiger partial charge in [0.1, 0.15) is 5.82 Å². The van der Waals surface area contributed by atoms with Gasteiger partial charge in [0, 0.05) is 17.0 Å². The Morgan fingerprint density at radius 2 is 2.26 bits per heavy atom. The number of H-pyrrole nitrogens is 1. The first-order chi connectivity index (χ1) is 8.97. The third-order valence-corrected chi connectivity index (χ3v) is 3.11. The van der Waals surface area contributed by atoms with E-state index in [1.54, 1.807) is 6.92 Å². The Labute approximate surface area is 111 Å². The molecule has 19 heavy (non-hydrogen) atoms. The molecule has 8 nitrogen and oxygen atoms in total. The highest BCUT2D eigenvalue weighted by atomic mass is 32.2. The van der Waals surface area contributed by atoms with Crippen LogP contribution < -0.4 is 0 Å². The van der Waals surface area contributed by atoms with Crippen LogP contribution in [0.3, 0.4) is 0 Å². The van der Waals surface area contributed by atoms with Crippen LogP contribution in [0.25, 0.3) is 0 Å². The highest BCUT2D eigenvalue weighted by Crippen LogP contribution is 2.31. The zero-order valence-corrected chi connectivity index (χ0v) is 10.5. The van der Waals surface area contributed by atoms with E-state index in [-0.39, 0.29) is 16.1 Å². The number of benzene rings is 1. The predicted octanol–water partition coefficient (Wildman–Crippen LogP) is 1.87. The van der Waals surface area contributed by atoms with Gasteiger partial charge in [-0.2, -0.15) is 0 Å².